The molecule has 0 aliphatic carbocycles. The summed E-state index contributed by atoms with van der Waals surface area (Å²) >= 11 is 0. The predicted molar refractivity (Wildman–Crippen MR) is 106 cm³/mol. The van der Waals surface area contributed by atoms with Crippen LogP contribution in [0.4, 0.5) is 0 Å². The number of aliphatic hydroxyl groups excluding tert-OH is 3. The third-order valence-corrected chi connectivity index (χ3v) is 6.31. The monoisotopic (exact) mass is 424 g/mol. The van der Waals surface area contributed by atoms with Crippen molar-refractivity contribution in [2.45, 2.75) is 75.5 Å². The maximum atomic E-state index is 12.6. The molecule has 4 N–H and O–H groups in total. The number of hydrogen-bond donors (Lipinski definition) is 4. The van der Waals surface area contributed by atoms with Gasteiger partial charge >= 0.3 is 5.97 Å². The van der Waals surface area contributed by atoms with Crippen molar-refractivity contribution in [1.29, 1.82) is 0 Å². The van der Waals surface area contributed by atoms with E-state index < -0.39 is 48.4 Å². The quantitative estimate of drug-likeness (QED) is 0.516. The van der Waals surface area contributed by atoms with E-state index in [-0.39, 0.29) is 24.7 Å². The number of benzene rings is 1. The summed E-state index contributed by atoms with van der Waals surface area (Å²) < 4.78 is 16.6. The minimum atomic E-state index is -1.96. The Morgan fingerprint density at radius 2 is 1.70 bits per heavy atom. The van der Waals surface area contributed by atoms with Gasteiger partial charge in [0.2, 0.25) is 0 Å². The molecule has 0 amide bonds. The highest BCUT2D eigenvalue weighted by Gasteiger charge is 2.55. The molecule has 3 rings (SSSR count). The van der Waals surface area contributed by atoms with Crippen molar-refractivity contribution in [3.63, 3.8) is 0 Å². The maximum absolute atomic E-state index is 12.6. The average molecular weight is 424 g/mol. The molecule has 30 heavy (non-hydrogen) atoms. The van der Waals surface area contributed by atoms with Gasteiger partial charge in [-0.1, -0.05) is 44.2 Å². The van der Waals surface area contributed by atoms with Gasteiger partial charge in [-0.05, 0) is 23.8 Å². The number of hydrogen-bond acceptors (Lipinski definition) is 8. The molecule has 0 unspecified atom stereocenters. The van der Waals surface area contributed by atoms with Crippen LogP contribution in [0.15, 0.2) is 30.3 Å². The zero-order valence-corrected chi connectivity index (χ0v) is 17.5. The van der Waals surface area contributed by atoms with Crippen molar-refractivity contribution in [1.82, 2.24) is 0 Å². The molecule has 9 atom stereocenters. The molecule has 8 heteroatoms. The molecule has 1 aromatic rings. The van der Waals surface area contributed by atoms with Crippen molar-refractivity contribution >= 4 is 5.97 Å². The number of ether oxygens (including phenoxy) is 3. The first-order chi connectivity index (χ1) is 14.2. The summed E-state index contributed by atoms with van der Waals surface area (Å²) in [6, 6.07) is 9.03. The number of carbonyl (C=O) groups is 1. The van der Waals surface area contributed by atoms with Gasteiger partial charge in [0.1, 0.15) is 18.3 Å². The molecular weight excluding hydrogens is 392 g/mol. The second-order valence-corrected chi connectivity index (χ2v) is 8.57. The van der Waals surface area contributed by atoms with E-state index in [0.717, 1.165) is 0 Å². The summed E-state index contributed by atoms with van der Waals surface area (Å²) in [5.74, 6) is -3.21. The first-order valence-corrected chi connectivity index (χ1v) is 10.4. The van der Waals surface area contributed by atoms with Crippen LogP contribution in [-0.2, 0) is 19.0 Å². The highest BCUT2D eigenvalue weighted by atomic mass is 16.7. The summed E-state index contributed by atoms with van der Waals surface area (Å²) in [7, 11) is 1.30. The minimum absolute atomic E-state index is 0.190. The Morgan fingerprint density at radius 3 is 2.33 bits per heavy atom. The lowest BCUT2D eigenvalue weighted by Gasteiger charge is -2.49. The summed E-state index contributed by atoms with van der Waals surface area (Å²) in [5, 5.41) is 43.2. The Labute approximate surface area is 176 Å². The van der Waals surface area contributed by atoms with Crippen molar-refractivity contribution in [3.8, 4) is 0 Å². The van der Waals surface area contributed by atoms with E-state index in [1.807, 2.05) is 19.9 Å². The maximum Gasteiger partial charge on any atom is 0.306 e. The minimum Gasteiger partial charge on any atom is -0.455 e. The highest BCUT2D eigenvalue weighted by Crippen LogP contribution is 2.39. The van der Waals surface area contributed by atoms with E-state index >= 15 is 0 Å². The van der Waals surface area contributed by atoms with Crippen LogP contribution < -0.4 is 0 Å². The average Bonchev–Trinajstić information content (AvgIpc) is 2.73. The second-order valence-electron chi connectivity index (χ2n) is 8.57. The Kier molecular flexibility index (Phi) is 7.16. The fourth-order valence-corrected chi connectivity index (χ4v) is 4.61. The number of cyclic esters (lactones) is 1. The summed E-state index contributed by atoms with van der Waals surface area (Å²) in [4.78, 5) is 12.6. The summed E-state index contributed by atoms with van der Waals surface area (Å²) in [6.45, 7) is 3.65. The SMILES string of the molecule is CO[C@@H]1[C@@H](O)[C@H](O)[C@H]2O[C@]1(O)CCC(=O)O[C@H](c1ccccc1)[C@H](O)[C@H](C)C[C@H]2C. The molecule has 2 aliphatic heterocycles. The van der Waals surface area contributed by atoms with Crippen molar-refractivity contribution in [3.05, 3.63) is 35.9 Å². The zero-order chi connectivity index (χ0) is 22.1. The van der Waals surface area contributed by atoms with Gasteiger partial charge in [-0.3, -0.25) is 4.79 Å². The molecule has 2 fully saturated rings. The lowest BCUT2D eigenvalue weighted by atomic mass is 9.80. The Morgan fingerprint density at radius 1 is 1.03 bits per heavy atom. The van der Waals surface area contributed by atoms with Crippen molar-refractivity contribution in [2.24, 2.45) is 11.8 Å². The predicted octanol–water partition coefficient (Wildman–Crippen LogP) is 0.912. The largest absolute Gasteiger partial charge is 0.455 e. The third kappa shape index (κ3) is 4.54. The number of aliphatic hydroxyl groups is 4. The first-order valence-electron chi connectivity index (χ1n) is 10.4. The lowest BCUT2D eigenvalue weighted by molar-refractivity contribution is -0.359. The van der Waals surface area contributed by atoms with Crippen LogP contribution in [0.3, 0.4) is 0 Å². The molecule has 2 heterocycles. The van der Waals surface area contributed by atoms with Gasteiger partial charge in [0.25, 0.3) is 0 Å². The number of fused-ring (bicyclic) bond motifs is 2. The van der Waals surface area contributed by atoms with E-state index in [1.165, 1.54) is 7.11 Å². The molecule has 0 aromatic heterocycles. The molecule has 2 saturated heterocycles. The van der Waals surface area contributed by atoms with Gasteiger partial charge in [0.05, 0.1) is 18.6 Å². The summed E-state index contributed by atoms with van der Waals surface area (Å²) in [6.07, 6.45) is -6.62. The van der Waals surface area contributed by atoms with E-state index in [0.29, 0.717) is 12.0 Å². The molecule has 8 nitrogen and oxygen atoms in total. The van der Waals surface area contributed by atoms with Crippen molar-refractivity contribution in [2.75, 3.05) is 7.11 Å². The van der Waals surface area contributed by atoms with Crippen LogP contribution in [0.1, 0.15) is 44.8 Å². The number of carbonyl (C=O) groups excluding carboxylic acids is 1. The smallest absolute Gasteiger partial charge is 0.306 e. The second kappa shape index (κ2) is 9.30. The van der Waals surface area contributed by atoms with Gasteiger partial charge in [-0.25, -0.2) is 0 Å². The van der Waals surface area contributed by atoms with E-state index in [4.69, 9.17) is 14.2 Å². The van der Waals surface area contributed by atoms with Crippen molar-refractivity contribution < 1.29 is 39.4 Å². The standard InChI is InChI=1S/C22H32O8/c1-12-11-13(2)19-17(25)18(26)21(28-3)22(27,30-19)10-9-15(23)29-20(16(12)24)14-7-5-4-6-8-14/h4-8,12-13,16-21,24-27H,9-11H2,1-3H3/t12-,13-,16-,17+,18+,19+,20-,21-,22-/m1/s1. The lowest BCUT2D eigenvalue weighted by Crippen LogP contribution is -2.66. The Bertz CT molecular complexity index is 712. The highest BCUT2D eigenvalue weighted by molar-refractivity contribution is 5.70. The van der Waals surface area contributed by atoms with Gasteiger partial charge in [-0.2, -0.15) is 0 Å². The molecule has 0 saturated carbocycles. The fraction of sp³-hybridized carbons (Fsp3) is 0.682. The number of methoxy groups -OCH3 is 1. The normalized spacial score (nSPS) is 43.2. The molecule has 0 spiro atoms. The van der Waals surface area contributed by atoms with Crippen LogP contribution >= 0.6 is 0 Å². The van der Waals surface area contributed by atoms with Crippen LogP contribution in [0, 0.1) is 11.8 Å². The fourth-order valence-electron chi connectivity index (χ4n) is 4.61. The van der Waals surface area contributed by atoms with Crippen LogP contribution in [0.2, 0.25) is 0 Å². The number of rotatable bonds is 2. The van der Waals surface area contributed by atoms with E-state index in [9.17, 15) is 25.2 Å². The molecule has 0 radical (unpaired) electrons. The zero-order valence-electron chi connectivity index (χ0n) is 17.5. The molecule has 2 aliphatic rings. The molecular formula is C22H32O8. The van der Waals surface area contributed by atoms with Crippen LogP contribution in [0.25, 0.3) is 0 Å². The van der Waals surface area contributed by atoms with Gasteiger partial charge in [0, 0.05) is 13.5 Å². The van der Waals surface area contributed by atoms with Gasteiger partial charge < -0.3 is 34.6 Å². The summed E-state index contributed by atoms with van der Waals surface area (Å²) in [5.41, 5.74) is 0.676. The van der Waals surface area contributed by atoms with Crippen LogP contribution in [-0.4, -0.2) is 69.8 Å². The molecule has 2 bridgehead atoms. The Hall–Kier alpha value is -1.55. The molecule has 1 aromatic carbocycles. The van der Waals surface area contributed by atoms with Gasteiger partial charge in [0.15, 0.2) is 11.9 Å². The van der Waals surface area contributed by atoms with Crippen LogP contribution in [0.5, 0.6) is 0 Å². The van der Waals surface area contributed by atoms with E-state index in [2.05, 4.69) is 0 Å². The topological polar surface area (TPSA) is 126 Å². The Balaban J connectivity index is 1.94. The number of esters is 1. The van der Waals surface area contributed by atoms with E-state index in [1.54, 1.807) is 24.3 Å². The van der Waals surface area contributed by atoms with Gasteiger partial charge in [-0.15, -0.1) is 0 Å². The first kappa shape index (κ1) is 23.1. The third-order valence-electron chi connectivity index (χ3n) is 6.31. The molecule has 168 valence electrons.